The van der Waals surface area contributed by atoms with E-state index in [-0.39, 0.29) is 0 Å². The molecule has 1 N–H and O–H groups in total. The lowest BCUT2D eigenvalue weighted by molar-refractivity contribution is 0.137. The number of benzene rings is 1. The van der Waals surface area contributed by atoms with Crippen molar-refractivity contribution in [1.82, 2.24) is 10.2 Å². The van der Waals surface area contributed by atoms with E-state index in [9.17, 15) is 0 Å². The van der Waals surface area contributed by atoms with E-state index < -0.39 is 0 Å². The van der Waals surface area contributed by atoms with Gasteiger partial charge in [0.1, 0.15) is 6.61 Å². The van der Waals surface area contributed by atoms with Gasteiger partial charge in [0.05, 0.1) is 7.11 Å². The van der Waals surface area contributed by atoms with Crippen molar-refractivity contribution in [2.24, 2.45) is 0 Å². The molecule has 4 heteroatoms. The minimum atomic E-state index is 0.653. The van der Waals surface area contributed by atoms with Crippen molar-refractivity contribution in [3.63, 3.8) is 0 Å². The van der Waals surface area contributed by atoms with Gasteiger partial charge in [-0.1, -0.05) is 19.1 Å². The summed E-state index contributed by atoms with van der Waals surface area (Å²) < 4.78 is 11.2. The minimum Gasteiger partial charge on any atom is -0.493 e. The number of ether oxygens (including phenoxy) is 2. The van der Waals surface area contributed by atoms with Crippen molar-refractivity contribution >= 4 is 0 Å². The van der Waals surface area contributed by atoms with Crippen LogP contribution in [-0.2, 0) is 0 Å². The number of rotatable bonds is 8. The minimum absolute atomic E-state index is 0.653. The maximum atomic E-state index is 5.91. The summed E-state index contributed by atoms with van der Waals surface area (Å²) in [5.41, 5.74) is 0. The molecule has 0 aliphatic carbocycles. The molecule has 0 radical (unpaired) electrons. The van der Waals surface area contributed by atoms with Crippen LogP contribution in [0, 0.1) is 0 Å². The van der Waals surface area contributed by atoms with Gasteiger partial charge in [-0.3, -0.25) is 4.90 Å². The Labute approximate surface area is 128 Å². The molecule has 21 heavy (non-hydrogen) atoms. The van der Waals surface area contributed by atoms with Crippen LogP contribution in [0.25, 0.3) is 0 Å². The number of hydrogen-bond acceptors (Lipinski definition) is 4. The lowest BCUT2D eigenvalue weighted by Gasteiger charge is -2.34. The molecule has 1 heterocycles. The van der Waals surface area contributed by atoms with Crippen LogP contribution < -0.4 is 14.8 Å². The van der Waals surface area contributed by atoms with Crippen LogP contribution in [0.4, 0.5) is 0 Å². The second kappa shape index (κ2) is 8.90. The molecular formula is C17H28N2O2. The van der Waals surface area contributed by atoms with Crippen LogP contribution in [0.15, 0.2) is 24.3 Å². The van der Waals surface area contributed by atoms with Crippen molar-refractivity contribution in [3.8, 4) is 11.5 Å². The summed E-state index contributed by atoms with van der Waals surface area (Å²) >= 11 is 0. The number of nitrogens with zero attached hydrogens (tertiary/aromatic N) is 1. The molecule has 1 aliphatic heterocycles. The summed E-state index contributed by atoms with van der Waals surface area (Å²) in [5, 5.41) is 3.50. The van der Waals surface area contributed by atoms with E-state index in [0.717, 1.165) is 37.7 Å². The van der Waals surface area contributed by atoms with Gasteiger partial charge in [-0.05, 0) is 44.5 Å². The van der Waals surface area contributed by atoms with Gasteiger partial charge in [-0.15, -0.1) is 0 Å². The standard InChI is InChI=1S/C17H28N2O2/c1-3-11-19(15-7-6-10-18-14-15)12-13-21-17-9-5-4-8-16(17)20-2/h4-5,8-9,15,18H,3,6-7,10-14H2,1-2H3. The molecule has 1 aromatic rings. The Morgan fingerprint density at radius 3 is 2.71 bits per heavy atom. The highest BCUT2D eigenvalue weighted by Gasteiger charge is 2.20. The SMILES string of the molecule is CCCN(CCOc1ccccc1OC)C1CCCNC1. The van der Waals surface area contributed by atoms with Crippen LogP contribution in [-0.4, -0.2) is 50.8 Å². The van der Waals surface area contributed by atoms with E-state index in [1.54, 1.807) is 7.11 Å². The molecular weight excluding hydrogens is 264 g/mol. The molecule has 0 amide bonds. The zero-order valence-electron chi connectivity index (χ0n) is 13.3. The van der Waals surface area contributed by atoms with Crippen LogP contribution in [0.2, 0.25) is 0 Å². The summed E-state index contributed by atoms with van der Waals surface area (Å²) in [6.07, 6.45) is 3.76. The monoisotopic (exact) mass is 292 g/mol. The number of methoxy groups -OCH3 is 1. The molecule has 0 aromatic heterocycles. The van der Waals surface area contributed by atoms with Crippen molar-refractivity contribution in [2.45, 2.75) is 32.2 Å². The van der Waals surface area contributed by atoms with Gasteiger partial charge in [-0.25, -0.2) is 0 Å². The number of hydrogen-bond donors (Lipinski definition) is 1. The van der Waals surface area contributed by atoms with E-state index in [1.807, 2.05) is 24.3 Å². The van der Waals surface area contributed by atoms with Crippen LogP contribution in [0.3, 0.4) is 0 Å². The number of piperidine rings is 1. The average molecular weight is 292 g/mol. The van der Waals surface area contributed by atoms with E-state index in [4.69, 9.17) is 9.47 Å². The van der Waals surface area contributed by atoms with Gasteiger partial charge in [-0.2, -0.15) is 0 Å². The Bertz CT molecular complexity index is 406. The number of para-hydroxylation sites is 2. The second-order valence-electron chi connectivity index (χ2n) is 5.54. The second-order valence-corrected chi connectivity index (χ2v) is 5.54. The Balaban J connectivity index is 1.83. The topological polar surface area (TPSA) is 33.7 Å². The molecule has 2 rings (SSSR count). The van der Waals surface area contributed by atoms with E-state index in [2.05, 4.69) is 17.1 Å². The highest BCUT2D eigenvalue weighted by atomic mass is 16.5. The lowest BCUT2D eigenvalue weighted by atomic mass is 10.1. The highest BCUT2D eigenvalue weighted by molar-refractivity contribution is 5.39. The van der Waals surface area contributed by atoms with Gasteiger partial charge >= 0.3 is 0 Å². The third-order valence-electron chi connectivity index (χ3n) is 4.00. The lowest BCUT2D eigenvalue weighted by Crippen LogP contribution is -2.47. The molecule has 1 atom stereocenters. The summed E-state index contributed by atoms with van der Waals surface area (Å²) in [5.74, 6) is 1.64. The van der Waals surface area contributed by atoms with E-state index in [1.165, 1.54) is 19.3 Å². The van der Waals surface area contributed by atoms with Crippen molar-refractivity contribution in [1.29, 1.82) is 0 Å². The highest BCUT2D eigenvalue weighted by Crippen LogP contribution is 2.25. The summed E-state index contributed by atoms with van der Waals surface area (Å²) in [7, 11) is 1.68. The molecule has 118 valence electrons. The normalized spacial score (nSPS) is 18.7. The smallest absolute Gasteiger partial charge is 0.161 e. The Hall–Kier alpha value is -1.26. The zero-order chi connectivity index (χ0) is 14.9. The van der Waals surface area contributed by atoms with Gasteiger partial charge in [0, 0.05) is 19.1 Å². The maximum Gasteiger partial charge on any atom is 0.161 e. The molecule has 1 aromatic carbocycles. The predicted octanol–water partition coefficient (Wildman–Crippen LogP) is 2.54. The average Bonchev–Trinajstić information content (AvgIpc) is 2.55. The maximum absolute atomic E-state index is 5.91. The van der Waals surface area contributed by atoms with Gasteiger partial charge < -0.3 is 14.8 Å². The quantitative estimate of drug-likeness (QED) is 0.798. The first-order valence-corrected chi connectivity index (χ1v) is 8.05. The van der Waals surface area contributed by atoms with Crippen LogP contribution in [0.5, 0.6) is 11.5 Å². The molecule has 0 spiro atoms. The third-order valence-corrected chi connectivity index (χ3v) is 4.00. The summed E-state index contributed by atoms with van der Waals surface area (Å²) in [6.45, 7) is 7.32. The molecule has 1 aliphatic rings. The van der Waals surface area contributed by atoms with Crippen molar-refractivity contribution < 1.29 is 9.47 Å². The first-order chi connectivity index (χ1) is 10.3. The number of nitrogens with one attached hydrogen (secondary N) is 1. The molecule has 1 saturated heterocycles. The van der Waals surface area contributed by atoms with Gasteiger partial charge in [0.2, 0.25) is 0 Å². The Morgan fingerprint density at radius 1 is 1.24 bits per heavy atom. The first kappa shape index (κ1) is 16.1. The fraction of sp³-hybridized carbons (Fsp3) is 0.647. The largest absolute Gasteiger partial charge is 0.493 e. The fourth-order valence-corrected chi connectivity index (χ4v) is 2.92. The molecule has 0 saturated carbocycles. The van der Waals surface area contributed by atoms with Crippen LogP contribution in [0.1, 0.15) is 26.2 Å². The molecule has 1 fully saturated rings. The zero-order valence-corrected chi connectivity index (χ0v) is 13.3. The Morgan fingerprint density at radius 2 is 2.05 bits per heavy atom. The van der Waals surface area contributed by atoms with Crippen LogP contribution >= 0.6 is 0 Å². The van der Waals surface area contributed by atoms with Crippen molar-refractivity contribution in [3.05, 3.63) is 24.3 Å². The predicted molar refractivity (Wildman–Crippen MR) is 86.2 cm³/mol. The van der Waals surface area contributed by atoms with E-state index >= 15 is 0 Å². The van der Waals surface area contributed by atoms with Crippen molar-refractivity contribution in [2.75, 3.05) is 39.9 Å². The molecule has 1 unspecified atom stereocenters. The molecule has 0 bridgehead atoms. The summed E-state index contributed by atoms with van der Waals surface area (Å²) in [4.78, 5) is 2.56. The first-order valence-electron chi connectivity index (χ1n) is 8.05. The third kappa shape index (κ3) is 4.90. The van der Waals surface area contributed by atoms with Gasteiger partial charge in [0.15, 0.2) is 11.5 Å². The van der Waals surface area contributed by atoms with Gasteiger partial charge in [0.25, 0.3) is 0 Å². The van der Waals surface area contributed by atoms with E-state index in [0.29, 0.717) is 12.6 Å². The molecule has 4 nitrogen and oxygen atoms in total. The Kier molecular flexibility index (Phi) is 6.83. The summed E-state index contributed by atoms with van der Waals surface area (Å²) in [6, 6.07) is 8.49. The fourth-order valence-electron chi connectivity index (χ4n) is 2.92.